The van der Waals surface area contributed by atoms with Crippen molar-refractivity contribution >= 4 is 29.2 Å². The third-order valence-electron chi connectivity index (χ3n) is 4.31. The lowest BCUT2D eigenvalue weighted by Gasteiger charge is -2.23. The van der Waals surface area contributed by atoms with Crippen molar-refractivity contribution in [3.05, 3.63) is 24.3 Å². The molecule has 0 aromatic heterocycles. The maximum atomic E-state index is 12.4. The molecular formula is C17H24N4O3. The van der Waals surface area contributed by atoms with Crippen LogP contribution in [0.3, 0.4) is 0 Å². The molecule has 24 heavy (non-hydrogen) atoms. The van der Waals surface area contributed by atoms with Gasteiger partial charge in [0.15, 0.2) is 0 Å². The van der Waals surface area contributed by atoms with Gasteiger partial charge in [0.05, 0.1) is 0 Å². The SMILES string of the molecule is CC[C@H](C)[C@H](NC(N)=O)C(=O)Nc1ccc(N2CCCC2=O)cc1. The minimum absolute atomic E-state index is 0.0426. The molecule has 1 aromatic rings. The highest BCUT2D eigenvalue weighted by Crippen LogP contribution is 2.23. The molecule has 0 radical (unpaired) electrons. The zero-order chi connectivity index (χ0) is 17.7. The molecule has 1 fully saturated rings. The van der Waals surface area contributed by atoms with Crippen molar-refractivity contribution in [1.29, 1.82) is 0 Å². The average molecular weight is 332 g/mol. The van der Waals surface area contributed by atoms with Crippen LogP contribution in [0.5, 0.6) is 0 Å². The molecule has 7 nitrogen and oxygen atoms in total. The Kier molecular flexibility index (Phi) is 5.78. The molecule has 1 aliphatic rings. The summed E-state index contributed by atoms with van der Waals surface area (Å²) in [5.41, 5.74) is 6.58. The third-order valence-corrected chi connectivity index (χ3v) is 4.31. The molecule has 0 unspecified atom stereocenters. The third kappa shape index (κ3) is 4.24. The number of anilines is 2. The number of urea groups is 1. The topological polar surface area (TPSA) is 105 Å². The Hall–Kier alpha value is -2.57. The maximum absolute atomic E-state index is 12.4. The largest absolute Gasteiger partial charge is 0.352 e. The molecule has 130 valence electrons. The van der Waals surface area contributed by atoms with Gasteiger partial charge in [-0.05, 0) is 36.6 Å². The normalized spacial score (nSPS) is 16.6. The van der Waals surface area contributed by atoms with Crippen LogP contribution >= 0.6 is 0 Å². The molecule has 0 bridgehead atoms. The van der Waals surface area contributed by atoms with Crippen LogP contribution in [-0.2, 0) is 9.59 Å². The molecule has 0 spiro atoms. The monoisotopic (exact) mass is 332 g/mol. The van der Waals surface area contributed by atoms with Gasteiger partial charge in [-0.15, -0.1) is 0 Å². The zero-order valence-corrected chi connectivity index (χ0v) is 14.0. The van der Waals surface area contributed by atoms with Gasteiger partial charge in [0.25, 0.3) is 0 Å². The van der Waals surface area contributed by atoms with Gasteiger partial charge in [0.1, 0.15) is 6.04 Å². The molecule has 0 aliphatic carbocycles. The number of rotatable bonds is 6. The van der Waals surface area contributed by atoms with Crippen molar-refractivity contribution in [1.82, 2.24) is 5.32 Å². The zero-order valence-electron chi connectivity index (χ0n) is 14.0. The van der Waals surface area contributed by atoms with Crippen molar-refractivity contribution in [2.24, 2.45) is 11.7 Å². The van der Waals surface area contributed by atoms with Crippen LogP contribution in [0.25, 0.3) is 0 Å². The quantitative estimate of drug-likeness (QED) is 0.740. The summed E-state index contributed by atoms with van der Waals surface area (Å²) in [7, 11) is 0. The van der Waals surface area contributed by atoms with Gasteiger partial charge in [-0.25, -0.2) is 4.79 Å². The van der Waals surface area contributed by atoms with Gasteiger partial charge < -0.3 is 21.3 Å². The highest BCUT2D eigenvalue weighted by Gasteiger charge is 2.25. The van der Waals surface area contributed by atoms with Crippen molar-refractivity contribution in [3.63, 3.8) is 0 Å². The summed E-state index contributed by atoms with van der Waals surface area (Å²) in [6, 6.07) is 5.69. The Morgan fingerprint density at radius 3 is 2.46 bits per heavy atom. The first-order valence-electron chi connectivity index (χ1n) is 8.19. The first-order valence-corrected chi connectivity index (χ1v) is 8.19. The number of benzene rings is 1. The van der Waals surface area contributed by atoms with E-state index in [0.717, 1.165) is 25.1 Å². The minimum atomic E-state index is -0.724. The smallest absolute Gasteiger partial charge is 0.312 e. The fraction of sp³-hybridized carbons (Fsp3) is 0.471. The molecular weight excluding hydrogens is 308 g/mol. The number of carbonyl (C=O) groups excluding carboxylic acids is 3. The summed E-state index contributed by atoms with van der Waals surface area (Å²) < 4.78 is 0. The van der Waals surface area contributed by atoms with Crippen molar-refractivity contribution in [3.8, 4) is 0 Å². The van der Waals surface area contributed by atoms with Crippen LogP contribution < -0.4 is 21.3 Å². The Balaban J connectivity index is 2.04. The summed E-state index contributed by atoms with van der Waals surface area (Å²) in [5.74, 6) is -0.235. The summed E-state index contributed by atoms with van der Waals surface area (Å²) >= 11 is 0. The molecule has 1 heterocycles. The van der Waals surface area contributed by atoms with Crippen LogP contribution in [0.15, 0.2) is 24.3 Å². The Labute approximate surface area is 141 Å². The molecule has 2 rings (SSSR count). The molecule has 4 amide bonds. The summed E-state index contributed by atoms with van der Waals surface area (Å²) in [5, 5.41) is 5.27. The fourth-order valence-electron chi connectivity index (χ4n) is 2.72. The van der Waals surface area contributed by atoms with E-state index >= 15 is 0 Å². The van der Waals surface area contributed by atoms with Crippen molar-refractivity contribution in [2.75, 3.05) is 16.8 Å². The van der Waals surface area contributed by atoms with E-state index in [2.05, 4.69) is 10.6 Å². The standard InChI is InChI=1S/C17H24N4O3/c1-3-11(2)15(20-17(18)24)16(23)19-12-6-8-13(9-7-12)21-10-4-5-14(21)22/h6-9,11,15H,3-5,10H2,1-2H3,(H,19,23)(H3,18,20,24)/t11-,15-/m0/s1. The van der Waals surface area contributed by atoms with Crippen molar-refractivity contribution in [2.45, 2.75) is 39.2 Å². The average Bonchev–Trinajstić information content (AvgIpc) is 2.98. The second-order valence-corrected chi connectivity index (χ2v) is 6.06. The first-order chi connectivity index (χ1) is 11.4. The Morgan fingerprint density at radius 2 is 1.96 bits per heavy atom. The molecule has 1 aromatic carbocycles. The lowest BCUT2D eigenvalue weighted by Crippen LogP contribution is -2.49. The minimum Gasteiger partial charge on any atom is -0.352 e. The van der Waals surface area contributed by atoms with E-state index < -0.39 is 12.1 Å². The van der Waals surface area contributed by atoms with Gasteiger partial charge in [-0.2, -0.15) is 0 Å². The number of hydrogen-bond donors (Lipinski definition) is 3. The van der Waals surface area contributed by atoms with Crippen LogP contribution in [0.2, 0.25) is 0 Å². The van der Waals surface area contributed by atoms with Gasteiger partial charge in [0.2, 0.25) is 11.8 Å². The molecule has 2 atom stereocenters. The van der Waals surface area contributed by atoms with Gasteiger partial charge in [-0.3, -0.25) is 9.59 Å². The summed E-state index contributed by atoms with van der Waals surface area (Å²) in [6.07, 6.45) is 2.18. The van der Waals surface area contributed by atoms with Crippen molar-refractivity contribution < 1.29 is 14.4 Å². The number of nitrogens with one attached hydrogen (secondary N) is 2. The predicted molar refractivity (Wildman–Crippen MR) is 92.6 cm³/mol. The second-order valence-electron chi connectivity index (χ2n) is 6.06. The predicted octanol–water partition coefficient (Wildman–Crippen LogP) is 1.83. The molecule has 4 N–H and O–H groups in total. The van der Waals surface area contributed by atoms with E-state index in [1.54, 1.807) is 29.2 Å². The number of nitrogens with two attached hydrogens (primary N) is 1. The van der Waals surface area contributed by atoms with Gasteiger partial charge in [0, 0.05) is 24.3 Å². The second kappa shape index (κ2) is 7.81. The molecule has 0 saturated carbocycles. The molecule has 7 heteroatoms. The number of hydrogen-bond acceptors (Lipinski definition) is 3. The van der Waals surface area contributed by atoms with E-state index in [-0.39, 0.29) is 17.7 Å². The van der Waals surface area contributed by atoms with E-state index in [9.17, 15) is 14.4 Å². The lowest BCUT2D eigenvalue weighted by molar-refractivity contribution is -0.119. The number of carbonyl (C=O) groups is 3. The Bertz CT molecular complexity index is 615. The number of primary amides is 1. The lowest BCUT2D eigenvalue weighted by atomic mass is 9.98. The fourth-order valence-corrected chi connectivity index (χ4v) is 2.72. The van der Waals surface area contributed by atoms with Crippen LogP contribution in [-0.4, -0.2) is 30.4 Å². The number of nitrogens with zero attached hydrogens (tertiary/aromatic N) is 1. The summed E-state index contributed by atoms with van der Waals surface area (Å²) in [6.45, 7) is 4.54. The van der Waals surface area contributed by atoms with Crippen LogP contribution in [0.4, 0.5) is 16.2 Å². The van der Waals surface area contributed by atoms with Gasteiger partial charge >= 0.3 is 6.03 Å². The van der Waals surface area contributed by atoms with E-state index in [1.807, 2.05) is 13.8 Å². The van der Waals surface area contributed by atoms with Crippen LogP contribution in [0, 0.1) is 5.92 Å². The van der Waals surface area contributed by atoms with E-state index in [4.69, 9.17) is 5.73 Å². The van der Waals surface area contributed by atoms with E-state index in [1.165, 1.54) is 0 Å². The Morgan fingerprint density at radius 1 is 1.29 bits per heavy atom. The van der Waals surface area contributed by atoms with Gasteiger partial charge in [-0.1, -0.05) is 20.3 Å². The van der Waals surface area contributed by atoms with E-state index in [0.29, 0.717) is 12.1 Å². The highest BCUT2D eigenvalue weighted by atomic mass is 16.2. The van der Waals surface area contributed by atoms with Crippen LogP contribution in [0.1, 0.15) is 33.1 Å². The highest BCUT2D eigenvalue weighted by molar-refractivity contribution is 5.98. The summed E-state index contributed by atoms with van der Waals surface area (Å²) in [4.78, 5) is 37.0. The molecule has 1 saturated heterocycles. The number of amides is 4. The first kappa shape index (κ1) is 17.8. The molecule has 1 aliphatic heterocycles. The maximum Gasteiger partial charge on any atom is 0.312 e.